The van der Waals surface area contributed by atoms with Gasteiger partial charge in [-0.15, -0.1) is 0 Å². The molecule has 0 aromatic heterocycles. The van der Waals surface area contributed by atoms with E-state index >= 15 is 0 Å². The molecule has 0 N–H and O–H groups in total. The normalized spacial score (nSPS) is 12.7. The standard InChI is InChI=1S/C11H17NO/c1-3-4-5-7-11(10(2)13)8-6-9-12/h5,7,11H,3-4,6,8H2,1-2H3/b7-5+. The van der Waals surface area contributed by atoms with Crippen LogP contribution >= 0.6 is 0 Å². The summed E-state index contributed by atoms with van der Waals surface area (Å²) in [7, 11) is 0. The zero-order chi connectivity index (χ0) is 10.1. The Kier molecular flexibility index (Phi) is 6.91. The summed E-state index contributed by atoms with van der Waals surface area (Å²) in [5.41, 5.74) is 0. The number of carbonyl (C=O) groups is 1. The number of unbranched alkanes of at least 4 members (excludes halogenated alkanes) is 1. The summed E-state index contributed by atoms with van der Waals surface area (Å²) in [6, 6.07) is 2.06. The Bertz CT molecular complexity index is 213. The smallest absolute Gasteiger partial charge is 0.136 e. The molecule has 13 heavy (non-hydrogen) atoms. The Hall–Kier alpha value is -1.10. The molecule has 1 atom stereocenters. The Balaban J connectivity index is 3.95. The number of rotatable bonds is 6. The summed E-state index contributed by atoms with van der Waals surface area (Å²) >= 11 is 0. The quantitative estimate of drug-likeness (QED) is 0.588. The van der Waals surface area contributed by atoms with Gasteiger partial charge in [-0.05, 0) is 19.8 Å². The fraction of sp³-hybridized carbons (Fsp3) is 0.636. The lowest BCUT2D eigenvalue weighted by atomic mass is 9.98. The number of nitriles is 1. The summed E-state index contributed by atoms with van der Waals surface area (Å²) in [6.45, 7) is 3.68. The lowest BCUT2D eigenvalue weighted by Gasteiger charge is -2.04. The van der Waals surface area contributed by atoms with Crippen molar-refractivity contribution in [1.82, 2.24) is 0 Å². The van der Waals surface area contributed by atoms with Gasteiger partial charge in [0.2, 0.25) is 0 Å². The predicted molar refractivity (Wildman–Crippen MR) is 53.1 cm³/mol. The van der Waals surface area contributed by atoms with Crippen LogP contribution in [-0.2, 0) is 4.79 Å². The Labute approximate surface area is 80.3 Å². The molecular weight excluding hydrogens is 162 g/mol. The lowest BCUT2D eigenvalue weighted by molar-refractivity contribution is -0.119. The second-order valence-corrected chi connectivity index (χ2v) is 3.13. The highest BCUT2D eigenvalue weighted by atomic mass is 16.1. The van der Waals surface area contributed by atoms with E-state index in [4.69, 9.17) is 5.26 Å². The molecule has 0 bridgehead atoms. The van der Waals surface area contributed by atoms with E-state index in [1.165, 1.54) is 0 Å². The summed E-state index contributed by atoms with van der Waals surface area (Å²) in [5, 5.41) is 8.38. The lowest BCUT2D eigenvalue weighted by Crippen LogP contribution is -2.07. The van der Waals surface area contributed by atoms with E-state index in [2.05, 4.69) is 13.0 Å². The van der Waals surface area contributed by atoms with Gasteiger partial charge in [0.25, 0.3) is 0 Å². The van der Waals surface area contributed by atoms with Crippen LogP contribution in [0.2, 0.25) is 0 Å². The van der Waals surface area contributed by atoms with Crippen LogP contribution < -0.4 is 0 Å². The van der Waals surface area contributed by atoms with E-state index in [9.17, 15) is 4.79 Å². The van der Waals surface area contributed by atoms with Crippen molar-refractivity contribution in [2.45, 2.75) is 39.5 Å². The number of carbonyl (C=O) groups excluding carboxylic acids is 1. The van der Waals surface area contributed by atoms with Gasteiger partial charge in [0.15, 0.2) is 0 Å². The fourth-order valence-electron chi connectivity index (χ4n) is 1.08. The van der Waals surface area contributed by atoms with Crippen molar-refractivity contribution >= 4 is 5.78 Å². The molecule has 0 saturated carbocycles. The van der Waals surface area contributed by atoms with Gasteiger partial charge in [0.05, 0.1) is 6.07 Å². The van der Waals surface area contributed by atoms with Crippen molar-refractivity contribution < 1.29 is 4.79 Å². The largest absolute Gasteiger partial charge is 0.299 e. The van der Waals surface area contributed by atoms with E-state index in [0.29, 0.717) is 12.8 Å². The minimum absolute atomic E-state index is 0.0498. The van der Waals surface area contributed by atoms with Crippen LogP contribution in [0.4, 0.5) is 0 Å². The molecule has 0 radical (unpaired) electrons. The number of hydrogen-bond acceptors (Lipinski definition) is 2. The highest BCUT2D eigenvalue weighted by Gasteiger charge is 2.08. The maximum absolute atomic E-state index is 11.1. The highest BCUT2D eigenvalue weighted by Crippen LogP contribution is 2.10. The van der Waals surface area contributed by atoms with Crippen molar-refractivity contribution in [1.29, 1.82) is 5.26 Å². The molecule has 2 nitrogen and oxygen atoms in total. The topological polar surface area (TPSA) is 40.9 Å². The van der Waals surface area contributed by atoms with Gasteiger partial charge in [-0.1, -0.05) is 25.5 Å². The van der Waals surface area contributed by atoms with Gasteiger partial charge >= 0.3 is 0 Å². The van der Waals surface area contributed by atoms with Gasteiger partial charge < -0.3 is 0 Å². The molecule has 0 aliphatic rings. The number of hydrogen-bond donors (Lipinski definition) is 0. The maximum Gasteiger partial charge on any atom is 0.136 e. The summed E-state index contributed by atoms with van der Waals surface area (Å²) in [6.07, 6.45) is 7.19. The van der Waals surface area contributed by atoms with E-state index in [-0.39, 0.29) is 11.7 Å². The van der Waals surface area contributed by atoms with Crippen molar-refractivity contribution in [2.24, 2.45) is 5.92 Å². The number of Topliss-reactive ketones (excluding diaryl/α,β-unsaturated/α-hetero) is 1. The average molecular weight is 179 g/mol. The highest BCUT2D eigenvalue weighted by molar-refractivity contribution is 5.80. The molecule has 2 heteroatoms. The molecule has 0 amide bonds. The summed E-state index contributed by atoms with van der Waals surface area (Å²) in [5.74, 6) is 0.105. The average Bonchev–Trinajstić information content (AvgIpc) is 2.10. The van der Waals surface area contributed by atoms with Gasteiger partial charge in [-0.25, -0.2) is 0 Å². The van der Waals surface area contributed by atoms with Crippen LogP contribution in [0.25, 0.3) is 0 Å². The van der Waals surface area contributed by atoms with E-state index in [1.54, 1.807) is 6.92 Å². The number of allylic oxidation sites excluding steroid dienone is 2. The van der Waals surface area contributed by atoms with Crippen LogP contribution in [0.3, 0.4) is 0 Å². The van der Waals surface area contributed by atoms with Crippen molar-refractivity contribution in [3.8, 4) is 6.07 Å². The molecule has 0 rings (SSSR count). The second kappa shape index (κ2) is 7.54. The minimum Gasteiger partial charge on any atom is -0.299 e. The first-order valence-corrected chi connectivity index (χ1v) is 4.76. The van der Waals surface area contributed by atoms with Crippen LogP contribution in [0.5, 0.6) is 0 Å². The Morgan fingerprint density at radius 3 is 2.77 bits per heavy atom. The van der Waals surface area contributed by atoms with Crippen molar-refractivity contribution in [3.05, 3.63) is 12.2 Å². The van der Waals surface area contributed by atoms with E-state index in [0.717, 1.165) is 12.8 Å². The first-order valence-electron chi connectivity index (χ1n) is 4.76. The molecule has 0 aliphatic carbocycles. The van der Waals surface area contributed by atoms with Crippen LogP contribution in [0, 0.1) is 17.2 Å². The van der Waals surface area contributed by atoms with Crippen LogP contribution in [0.1, 0.15) is 39.5 Å². The third-order valence-corrected chi connectivity index (χ3v) is 1.91. The molecule has 0 saturated heterocycles. The molecule has 0 aromatic rings. The van der Waals surface area contributed by atoms with Crippen LogP contribution in [0.15, 0.2) is 12.2 Å². The molecule has 0 spiro atoms. The molecule has 0 fully saturated rings. The van der Waals surface area contributed by atoms with Gasteiger partial charge in [0.1, 0.15) is 5.78 Å². The molecule has 0 heterocycles. The van der Waals surface area contributed by atoms with Gasteiger partial charge in [0, 0.05) is 12.3 Å². The zero-order valence-corrected chi connectivity index (χ0v) is 8.42. The maximum atomic E-state index is 11.1. The molecular formula is C11H17NO. The Morgan fingerprint density at radius 2 is 2.31 bits per heavy atom. The fourth-order valence-corrected chi connectivity index (χ4v) is 1.08. The molecule has 1 unspecified atom stereocenters. The second-order valence-electron chi connectivity index (χ2n) is 3.13. The Morgan fingerprint density at radius 1 is 1.62 bits per heavy atom. The van der Waals surface area contributed by atoms with Gasteiger partial charge in [-0.3, -0.25) is 4.79 Å². The summed E-state index contributed by atoms with van der Waals surface area (Å²) in [4.78, 5) is 11.1. The SMILES string of the molecule is CCC/C=C/C(CCC#N)C(C)=O. The first kappa shape index (κ1) is 11.9. The third kappa shape index (κ3) is 6.10. The monoisotopic (exact) mass is 179 g/mol. The van der Waals surface area contributed by atoms with Crippen molar-refractivity contribution in [3.63, 3.8) is 0 Å². The molecule has 72 valence electrons. The minimum atomic E-state index is -0.0498. The third-order valence-electron chi connectivity index (χ3n) is 1.91. The number of ketones is 1. The molecule has 0 aliphatic heterocycles. The number of nitrogens with zero attached hydrogens (tertiary/aromatic N) is 1. The summed E-state index contributed by atoms with van der Waals surface area (Å²) < 4.78 is 0. The zero-order valence-electron chi connectivity index (χ0n) is 8.42. The molecule has 0 aromatic carbocycles. The van der Waals surface area contributed by atoms with Crippen LogP contribution in [-0.4, -0.2) is 5.78 Å². The van der Waals surface area contributed by atoms with E-state index in [1.807, 2.05) is 12.2 Å². The van der Waals surface area contributed by atoms with Crippen molar-refractivity contribution in [2.75, 3.05) is 0 Å². The first-order chi connectivity index (χ1) is 6.22. The van der Waals surface area contributed by atoms with E-state index < -0.39 is 0 Å². The predicted octanol–water partition coefficient (Wildman–Crippen LogP) is 2.85. The van der Waals surface area contributed by atoms with Gasteiger partial charge in [-0.2, -0.15) is 5.26 Å².